The zero-order chi connectivity index (χ0) is 25.9. The number of rotatable bonds is 6. The summed E-state index contributed by atoms with van der Waals surface area (Å²) in [5, 5.41) is 11.2. The molecule has 1 heterocycles. The Hall–Kier alpha value is -5.04. The third kappa shape index (κ3) is 4.62. The molecule has 0 fully saturated rings. The van der Waals surface area contributed by atoms with Crippen molar-refractivity contribution in [1.82, 2.24) is 0 Å². The second kappa shape index (κ2) is 9.91. The van der Waals surface area contributed by atoms with Crippen LogP contribution in [0.3, 0.4) is 0 Å². The summed E-state index contributed by atoms with van der Waals surface area (Å²) in [6.07, 6.45) is -0.904. The molecule has 5 rings (SSSR count). The number of anilines is 1. The van der Waals surface area contributed by atoms with Gasteiger partial charge in [0, 0.05) is 34.5 Å². The normalized spacial score (nSPS) is 15.3. The summed E-state index contributed by atoms with van der Waals surface area (Å²) in [6.45, 7) is 1.48. The number of nitrogens with zero attached hydrogens (tertiary/aromatic N) is 2. The summed E-state index contributed by atoms with van der Waals surface area (Å²) >= 11 is 0. The molecule has 7 nitrogen and oxygen atoms in total. The molecule has 1 unspecified atom stereocenters. The van der Waals surface area contributed by atoms with Gasteiger partial charge in [-0.15, -0.1) is 0 Å². The summed E-state index contributed by atoms with van der Waals surface area (Å²) in [6, 6.07) is 31.3. The molecule has 0 aromatic heterocycles. The lowest BCUT2D eigenvalue weighted by molar-refractivity contribution is -0.384. The molecule has 1 amide bonds. The van der Waals surface area contributed by atoms with Crippen molar-refractivity contribution in [2.45, 2.75) is 13.2 Å². The molecule has 4 aromatic carbocycles. The minimum Gasteiger partial charge on any atom is -0.464 e. The molecule has 0 aliphatic carbocycles. The highest BCUT2D eigenvalue weighted by Gasteiger charge is 2.39. The van der Waals surface area contributed by atoms with Crippen molar-refractivity contribution >= 4 is 34.4 Å². The zero-order valence-corrected chi connectivity index (χ0v) is 19.9. The van der Waals surface area contributed by atoms with Crippen LogP contribution in [0.4, 0.5) is 11.4 Å². The SMILES string of the molecule is CC(=O)c1ccc(N2C(=O)C(c3ccccc3)=C(c3ccccc3)OC2c2ccc([N+](=O)[O-])cc2)cc1. The van der Waals surface area contributed by atoms with E-state index in [0.717, 1.165) is 5.56 Å². The highest BCUT2D eigenvalue weighted by Crippen LogP contribution is 2.43. The largest absolute Gasteiger partial charge is 0.464 e. The molecule has 0 saturated heterocycles. The molecular formula is C30H22N2O5. The van der Waals surface area contributed by atoms with Gasteiger partial charge in [0.1, 0.15) is 5.76 Å². The Morgan fingerprint density at radius 3 is 1.92 bits per heavy atom. The fourth-order valence-electron chi connectivity index (χ4n) is 4.30. The first kappa shape index (κ1) is 23.7. The van der Waals surface area contributed by atoms with Crippen LogP contribution in [0.15, 0.2) is 109 Å². The van der Waals surface area contributed by atoms with E-state index in [9.17, 15) is 19.7 Å². The van der Waals surface area contributed by atoms with Gasteiger partial charge in [-0.25, -0.2) is 0 Å². The molecule has 0 spiro atoms. The standard InChI is InChI=1S/C30H22N2O5/c1-20(33)21-12-16-25(17-13-21)31-29(34)27(22-8-4-2-5-9-22)28(23-10-6-3-7-11-23)37-30(31)24-14-18-26(19-15-24)32(35)36/h2-19,30H,1H3. The van der Waals surface area contributed by atoms with Crippen LogP contribution in [0, 0.1) is 10.1 Å². The monoisotopic (exact) mass is 490 g/mol. The highest BCUT2D eigenvalue weighted by molar-refractivity contribution is 6.32. The number of non-ortho nitro benzene ring substituents is 1. The number of hydrogen-bond acceptors (Lipinski definition) is 5. The molecule has 1 aliphatic heterocycles. The number of ether oxygens (including phenoxy) is 1. The first-order chi connectivity index (χ1) is 17.9. The molecule has 4 aromatic rings. The van der Waals surface area contributed by atoms with E-state index in [4.69, 9.17) is 4.74 Å². The minimum atomic E-state index is -0.904. The lowest BCUT2D eigenvalue weighted by Crippen LogP contribution is -2.40. The van der Waals surface area contributed by atoms with Gasteiger partial charge in [-0.2, -0.15) is 0 Å². The smallest absolute Gasteiger partial charge is 0.269 e. The molecule has 37 heavy (non-hydrogen) atoms. The maximum Gasteiger partial charge on any atom is 0.269 e. The molecule has 182 valence electrons. The third-order valence-electron chi connectivity index (χ3n) is 6.16. The number of benzene rings is 4. The molecule has 0 N–H and O–H groups in total. The van der Waals surface area contributed by atoms with E-state index in [1.807, 2.05) is 60.7 Å². The Morgan fingerprint density at radius 2 is 1.38 bits per heavy atom. The van der Waals surface area contributed by atoms with Crippen LogP contribution in [0.25, 0.3) is 11.3 Å². The van der Waals surface area contributed by atoms with E-state index in [-0.39, 0.29) is 17.4 Å². The van der Waals surface area contributed by atoms with Gasteiger partial charge in [0.15, 0.2) is 5.78 Å². The van der Waals surface area contributed by atoms with Crippen LogP contribution in [-0.2, 0) is 9.53 Å². The predicted molar refractivity (Wildman–Crippen MR) is 141 cm³/mol. The van der Waals surface area contributed by atoms with E-state index in [2.05, 4.69) is 0 Å². The van der Waals surface area contributed by atoms with Crippen LogP contribution < -0.4 is 4.90 Å². The average molecular weight is 491 g/mol. The van der Waals surface area contributed by atoms with Crippen LogP contribution in [-0.4, -0.2) is 16.6 Å². The minimum absolute atomic E-state index is 0.0629. The van der Waals surface area contributed by atoms with Crippen molar-refractivity contribution in [2.24, 2.45) is 0 Å². The van der Waals surface area contributed by atoms with Crippen molar-refractivity contribution < 1.29 is 19.2 Å². The summed E-state index contributed by atoms with van der Waals surface area (Å²) in [7, 11) is 0. The van der Waals surface area contributed by atoms with Crippen LogP contribution in [0.1, 0.15) is 40.2 Å². The number of amides is 1. The summed E-state index contributed by atoms with van der Waals surface area (Å²) in [4.78, 5) is 38.4. The zero-order valence-electron chi connectivity index (χ0n) is 19.9. The quantitative estimate of drug-likeness (QED) is 0.177. The van der Waals surface area contributed by atoms with Crippen molar-refractivity contribution in [1.29, 1.82) is 0 Å². The van der Waals surface area contributed by atoms with Gasteiger partial charge in [-0.1, -0.05) is 60.7 Å². The summed E-state index contributed by atoms with van der Waals surface area (Å²) < 4.78 is 6.59. The first-order valence-corrected chi connectivity index (χ1v) is 11.6. The Kier molecular flexibility index (Phi) is 6.34. The Morgan fingerprint density at radius 1 is 0.811 bits per heavy atom. The number of ketones is 1. The number of hydrogen-bond donors (Lipinski definition) is 0. The number of carbonyl (C=O) groups excluding carboxylic acids is 2. The van der Waals surface area contributed by atoms with Crippen molar-refractivity contribution in [3.8, 4) is 0 Å². The van der Waals surface area contributed by atoms with E-state index < -0.39 is 11.2 Å². The van der Waals surface area contributed by atoms with Gasteiger partial charge in [0.25, 0.3) is 11.6 Å². The van der Waals surface area contributed by atoms with E-state index in [1.165, 1.54) is 24.0 Å². The van der Waals surface area contributed by atoms with Crippen LogP contribution in [0.2, 0.25) is 0 Å². The highest BCUT2D eigenvalue weighted by atomic mass is 16.6. The molecule has 1 aliphatic rings. The van der Waals surface area contributed by atoms with Gasteiger partial charge in [-0.3, -0.25) is 24.6 Å². The average Bonchev–Trinajstić information content (AvgIpc) is 2.93. The second-order valence-corrected chi connectivity index (χ2v) is 8.53. The van der Waals surface area contributed by atoms with Gasteiger partial charge in [-0.05, 0) is 48.9 Å². The second-order valence-electron chi connectivity index (χ2n) is 8.53. The van der Waals surface area contributed by atoms with Gasteiger partial charge >= 0.3 is 0 Å². The molecule has 0 radical (unpaired) electrons. The first-order valence-electron chi connectivity index (χ1n) is 11.6. The van der Waals surface area contributed by atoms with E-state index >= 15 is 0 Å². The van der Waals surface area contributed by atoms with Crippen LogP contribution >= 0.6 is 0 Å². The third-order valence-corrected chi connectivity index (χ3v) is 6.16. The topological polar surface area (TPSA) is 89.8 Å². The lowest BCUT2D eigenvalue weighted by Gasteiger charge is -2.38. The maximum atomic E-state index is 14.3. The van der Waals surface area contributed by atoms with Gasteiger partial charge < -0.3 is 4.74 Å². The van der Waals surface area contributed by atoms with Gasteiger partial charge in [0.2, 0.25) is 6.23 Å². The molecule has 0 bridgehead atoms. The Bertz CT molecular complexity index is 1500. The summed E-state index contributed by atoms with van der Waals surface area (Å²) in [5.41, 5.74) is 3.36. The lowest BCUT2D eigenvalue weighted by atomic mass is 9.96. The number of carbonyl (C=O) groups is 2. The summed E-state index contributed by atoms with van der Waals surface area (Å²) in [5.74, 6) is 0.0305. The number of Topliss-reactive ketones (excluding diaryl/α,β-unsaturated/α-hetero) is 1. The maximum absolute atomic E-state index is 14.3. The van der Waals surface area contributed by atoms with Crippen molar-refractivity contribution in [3.63, 3.8) is 0 Å². The molecule has 0 saturated carbocycles. The molecule has 1 atom stereocenters. The predicted octanol–water partition coefficient (Wildman–Crippen LogP) is 6.43. The van der Waals surface area contributed by atoms with Crippen LogP contribution in [0.5, 0.6) is 0 Å². The Labute approximate surface area is 213 Å². The fraction of sp³-hybridized carbons (Fsp3) is 0.0667. The van der Waals surface area contributed by atoms with E-state index in [1.54, 1.807) is 36.4 Å². The molecular weight excluding hydrogens is 468 g/mol. The van der Waals surface area contributed by atoms with Crippen molar-refractivity contribution in [3.05, 3.63) is 142 Å². The van der Waals surface area contributed by atoms with Crippen molar-refractivity contribution in [2.75, 3.05) is 4.90 Å². The van der Waals surface area contributed by atoms with E-state index in [0.29, 0.717) is 33.7 Å². The van der Waals surface area contributed by atoms with Gasteiger partial charge in [0.05, 0.1) is 10.5 Å². The number of nitro benzene ring substituents is 1. The Balaban J connectivity index is 1.71. The fourth-order valence-corrected chi connectivity index (χ4v) is 4.30. The number of nitro groups is 1. The molecule has 7 heteroatoms.